The van der Waals surface area contributed by atoms with Gasteiger partial charge in [0, 0.05) is 33.2 Å². The minimum absolute atomic E-state index is 0.0348. The third-order valence-electron chi connectivity index (χ3n) is 9.79. The highest BCUT2D eigenvalue weighted by Gasteiger charge is 2.20. The molecule has 0 atom stereocenters. The van der Waals surface area contributed by atoms with Crippen LogP contribution in [-0.4, -0.2) is 14.5 Å². The van der Waals surface area contributed by atoms with Crippen LogP contribution in [0.5, 0.6) is 0 Å². The van der Waals surface area contributed by atoms with E-state index >= 15 is 0 Å². The van der Waals surface area contributed by atoms with Gasteiger partial charge in [-0.05, 0) is 69.7 Å². The first-order chi connectivity index (χ1) is 31.4. The largest absolute Gasteiger partial charge is 0.309 e. The van der Waals surface area contributed by atoms with Crippen LogP contribution in [0.25, 0.3) is 94.8 Å². The summed E-state index contributed by atoms with van der Waals surface area (Å²) in [5.41, 5.74) is 8.14. The van der Waals surface area contributed by atoms with Crippen LogP contribution >= 0.6 is 0 Å². The number of hydrogen-bond donors (Lipinski definition) is 0. The summed E-state index contributed by atoms with van der Waals surface area (Å²) in [5.74, 6) is 0.492. The number of fused-ring (bicyclic) bond motifs is 3. The molecular weight excluding hydrogens is 667 g/mol. The molecule has 2 heterocycles. The maximum atomic E-state index is 9.24. The molecule has 0 bridgehead atoms. The van der Waals surface area contributed by atoms with Crippen molar-refractivity contribution in [1.82, 2.24) is 14.5 Å². The first-order valence-corrected chi connectivity index (χ1v) is 17.8. The van der Waals surface area contributed by atoms with Gasteiger partial charge in [-0.15, -0.1) is 0 Å². The van der Waals surface area contributed by atoms with Gasteiger partial charge in [0.2, 0.25) is 0 Å². The van der Waals surface area contributed by atoms with E-state index in [1.54, 1.807) is 16.7 Å². The van der Waals surface area contributed by atoms with E-state index in [0.717, 1.165) is 27.8 Å². The fourth-order valence-electron chi connectivity index (χ4n) is 7.21. The van der Waals surface area contributed by atoms with E-state index in [1.807, 2.05) is 115 Å². The second-order valence-corrected chi connectivity index (χ2v) is 13.1. The number of nitrogens with zero attached hydrogens (tertiary/aromatic N) is 3. The lowest BCUT2D eigenvalue weighted by molar-refractivity contribution is 1.17. The first-order valence-electron chi connectivity index (χ1n) is 22.8. The monoisotopic (exact) mass is 711 g/mol. The van der Waals surface area contributed by atoms with Crippen molar-refractivity contribution >= 4 is 21.8 Å². The van der Waals surface area contributed by atoms with Gasteiger partial charge in [-0.25, -0.2) is 9.97 Å². The van der Waals surface area contributed by atoms with E-state index in [-0.39, 0.29) is 16.8 Å². The van der Waals surface area contributed by atoms with Crippen molar-refractivity contribution in [2.45, 2.75) is 0 Å². The van der Waals surface area contributed by atoms with E-state index in [9.17, 15) is 2.74 Å². The fourth-order valence-corrected chi connectivity index (χ4v) is 7.21. The number of rotatable bonds is 7. The Bertz CT molecular complexity index is 3470. The van der Waals surface area contributed by atoms with Crippen molar-refractivity contribution in [1.29, 1.82) is 0 Å². The number of aromatic nitrogens is 3. The highest BCUT2D eigenvalue weighted by molar-refractivity contribution is 6.17. The van der Waals surface area contributed by atoms with Crippen LogP contribution < -0.4 is 0 Å². The summed E-state index contributed by atoms with van der Waals surface area (Å²) in [4.78, 5) is 10.1. The topological polar surface area (TPSA) is 30.7 Å². The molecule has 258 valence electrons. The smallest absolute Gasteiger partial charge is 0.160 e. The molecule has 0 fully saturated rings. The molecule has 0 radical (unpaired) electrons. The third-order valence-corrected chi connectivity index (χ3v) is 9.79. The fraction of sp³-hybridized carbons (Fsp3) is 0. The van der Waals surface area contributed by atoms with Crippen molar-refractivity contribution in [2.75, 3.05) is 0 Å². The van der Waals surface area contributed by atoms with Crippen molar-refractivity contribution in [3.05, 3.63) is 212 Å². The molecule has 2 aromatic heterocycles. The van der Waals surface area contributed by atoms with Crippen LogP contribution in [0.2, 0.25) is 0 Å². The van der Waals surface area contributed by atoms with Gasteiger partial charge in [0.05, 0.1) is 36.1 Å². The minimum Gasteiger partial charge on any atom is -0.309 e. The van der Waals surface area contributed by atoms with Crippen molar-refractivity contribution in [3.8, 4) is 73.0 Å². The Morgan fingerprint density at radius 2 is 0.909 bits per heavy atom. The summed E-state index contributed by atoms with van der Waals surface area (Å²) in [5, 5.41) is 1.34. The zero-order valence-electron chi connectivity index (χ0n) is 39.3. The number of para-hydroxylation sites is 1. The summed E-state index contributed by atoms with van der Waals surface area (Å²) in [7, 11) is 0. The maximum Gasteiger partial charge on any atom is 0.160 e. The lowest BCUT2D eigenvalue weighted by Crippen LogP contribution is -1.97. The van der Waals surface area contributed by atoms with Crippen molar-refractivity contribution < 1.29 is 13.7 Å². The highest BCUT2D eigenvalue weighted by Crippen LogP contribution is 2.43. The Labute approximate surface area is 334 Å². The molecule has 8 aromatic carbocycles. The third kappa shape index (κ3) is 6.08. The Morgan fingerprint density at radius 3 is 1.58 bits per heavy atom. The molecule has 0 amide bonds. The van der Waals surface area contributed by atoms with E-state index < -0.39 is 60.4 Å². The summed E-state index contributed by atoms with van der Waals surface area (Å²) >= 11 is 0. The predicted octanol–water partition coefficient (Wildman–Crippen LogP) is 13.6. The van der Waals surface area contributed by atoms with E-state index in [0.29, 0.717) is 50.1 Å². The summed E-state index contributed by atoms with van der Waals surface area (Å²) in [6, 6.07) is 43.7. The van der Waals surface area contributed by atoms with Crippen LogP contribution in [0.4, 0.5) is 0 Å². The average Bonchev–Trinajstić information content (AvgIpc) is 3.67. The van der Waals surface area contributed by atoms with Gasteiger partial charge in [0.1, 0.15) is 0 Å². The lowest BCUT2D eigenvalue weighted by atomic mass is 9.94. The SMILES string of the molecule is [2H]c1c([2H])c([2H])c(-c2cc(-c3ccccc3)c3c4ccc(-c5cc(-c6ccc(-c7ccccc7)cc6)nc(-c6ccccc6)n5)cc4n(-c4c([2H])c([2H])c([2H])c([2H])c4[2H])c3c2)c([2H])c1[2H]. The molecule has 0 saturated heterocycles. The summed E-state index contributed by atoms with van der Waals surface area (Å²) in [6.07, 6.45) is 0. The predicted molar refractivity (Wildman–Crippen MR) is 229 cm³/mol. The molecule has 10 aromatic rings. The molecule has 3 heteroatoms. The normalized spacial score (nSPS) is 13.8. The Balaban J connectivity index is 1.29. The molecular formula is C52H35N3. The number of benzene rings is 8. The van der Waals surface area contributed by atoms with Crippen molar-refractivity contribution in [2.24, 2.45) is 0 Å². The standard InChI is InChI=1S/C52H35N3/c1-6-16-36(17-7-1)38-26-28-40(29-27-38)47-35-48(54-52(53-47)41-22-12-4-13-23-41)42-30-31-45-49(33-42)55(44-24-14-5-15-25-44)50-34-43(37-18-8-2-9-19-37)32-46(51(45)50)39-20-10-3-11-21-39/h1-35H/i2D,5D,8D,9D,14D,15D,18D,19D,24D,25D. The van der Waals surface area contributed by atoms with Gasteiger partial charge < -0.3 is 4.57 Å². The average molecular weight is 712 g/mol. The Hall–Kier alpha value is -7.36. The Morgan fingerprint density at radius 1 is 0.382 bits per heavy atom. The van der Waals surface area contributed by atoms with Crippen LogP contribution in [0.1, 0.15) is 13.7 Å². The van der Waals surface area contributed by atoms with Crippen LogP contribution in [0.3, 0.4) is 0 Å². The van der Waals surface area contributed by atoms with Gasteiger partial charge in [-0.2, -0.15) is 0 Å². The van der Waals surface area contributed by atoms with Crippen LogP contribution in [0.15, 0.2) is 212 Å². The van der Waals surface area contributed by atoms with Gasteiger partial charge in [-0.3, -0.25) is 0 Å². The van der Waals surface area contributed by atoms with Crippen molar-refractivity contribution in [3.63, 3.8) is 0 Å². The molecule has 10 rings (SSSR count). The molecule has 0 saturated carbocycles. The van der Waals surface area contributed by atoms with Gasteiger partial charge in [0.15, 0.2) is 5.82 Å². The molecule has 0 spiro atoms. The van der Waals surface area contributed by atoms with E-state index in [4.69, 9.17) is 20.9 Å². The minimum atomic E-state index is -0.547. The lowest BCUT2D eigenvalue weighted by Gasteiger charge is -2.12. The molecule has 0 aliphatic rings. The maximum absolute atomic E-state index is 9.24. The molecule has 0 N–H and O–H groups in total. The number of hydrogen-bond acceptors (Lipinski definition) is 2. The molecule has 0 aliphatic carbocycles. The molecule has 0 aliphatic heterocycles. The molecule has 55 heavy (non-hydrogen) atoms. The first kappa shape index (κ1) is 23.3. The zero-order valence-corrected chi connectivity index (χ0v) is 29.3. The molecule has 0 unspecified atom stereocenters. The van der Waals surface area contributed by atoms with Crippen LogP contribution in [-0.2, 0) is 0 Å². The highest BCUT2D eigenvalue weighted by atomic mass is 15.0. The van der Waals surface area contributed by atoms with Crippen LogP contribution in [0, 0.1) is 0 Å². The van der Waals surface area contributed by atoms with Gasteiger partial charge in [-0.1, -0.05) is 176 Å². The quantitative estimate of drug-likeness (QED) is 0.165. The zero-order chi connectivity index (χ0) is 45.3. The van der Waals surface area contributed by atoms with Gasteiger partial charge in [0.25, 0.3) is 0 Å². The second-order valence-electron chi connectivity index (χ2n) is 13.1. The summed E-state index contributed by atoms with van der Waals surface area (Å²) < 4.78 is 89.2. The second kappa shape index (κ2) is 13.9. The summed E-state index contributed by atoms with van der Waals surface area (Å²) in [6.45, 7) is 0. The van der Waals surface area contributed by atoms with E-state index in [1.165, 1.54) is 0 Å². The van der Waals surface area contributed by atoms with Gasteiger partial charge >= 0.3 is 0 Å². The van der Waals surface area contributed by atoms with E-state index in [2.05, 4.69) is 24.3 Å². The molecule has 3 nitrogen and oxygen atoms in total. The Kier molecular flexibility index (Phi) is 5.89.